The van der Waals surface area contributed by atoms with Crippen LogP contribution in [-0.2, 0) is 10.0 Å². The molecule has 2 aromatic carbocycles. The summed E-state index contributed by atoms with van der Waals surface area (Å²) in [5, 5.41) is 18.4. The Hall–Kier alpha value is -2.64. The van der Waals surface area contributed by atoms with Crippen LogP contribution in [0.15, 0.2) is 64.2 Å². The number of sulfonamides is 1. The molecule has 3 rings (SSSR count). The Balaban J connectivity index is 2.03. The molecule has 0 amide bonds. The van der Waals surface area contributed by atoms with Gasteiger partial charge in [0.15, 0.2) is 0 Å². The highest BCUT2D eigenvalue weighted by Gasteiger charge is 2.14. The fraction of sp³-hybridized carbons (Fsp3) is 0. The molecular formula is C15H12N2O4S. The molecule has 22 heavy (non-hydrogen) atoms. The van der Waals surface area contributed by atoms with E-state index in [2.05, 4.69) is 5.16 Å². The molecule has 0 saturated carbocycles. The lowest BCUT2D eigenvalue weighted by Crippen LogP contribution is -2.11. The van der Waals surface area contributed by atoms with Gasteiger partial charge in [0.2, 0.25) is 10.0 Å². The van der Waals surface area contributed by atoms with Gasteiger partial charge in [-0.25, -0.2) is 13.6 Å². The van der Waals surface area contributed by atoms with E-state index in [0.29, 0.717) is 11.3 Å². The zero-order valence-corrected chi connectivity index (χ0v) is 12.1. The van der Waals surface area contributed by atoms with E-state index < -0.39 is 10.0 Å². The maximum Gasteiger partial charge on any atom is 0.238 e. The Morgan fingerprint density at radius 1 is 0.955 bits per heavy atom. The number of benzene rings is 2. The van der Waals surface area contributed by atoms with Crippen molar-refractivity contribution in [2.24, 2.45) is 5.14 Å². The van der Waals surface area contributed by atoms with Crippen LogP contribution in [0.25, 0.3) is 22.4 Å². The van der Waals surface area contributed by atoms with Gasteiger partial charge < -0.3 is 9.63 Å². The topological polar surface area (TPSA) is 106 Å². The quantitative estimate of drug-likeness (QED) is 0.771. The lowest BCUT2D eigenvalue weighted by atomic mass is 10.0. The number of phenols is 1. The van der Waals surface area contributed by atoms with Gasteiger partial charge in [0.05, 0.1) is 4.90 Å². The lowest BCUT2D eigenvalue weighted by Gasteiger charge is -2.03. The summed E-state index contributed by atoms with van der Waals surface area (Å²) in [5.41, 5.74) is 2.84. The molecule has 6 nitrogen and oxygen atoms in total. The number of hydrogen-bond donors (Lipinski definition) is 2. The first-order valence-corrected chi connectivity index (χ1v) is 7.87. The molecule has 3 aromatic rings. The molecule has 0 spiro atoms. The van der Waals surface area contributed by atoms with E-state index in [4.69, 9.17) is 9.66 Å². The van der Waals surface area contributed by atoms with E-state index >= 15 is 0 Å². The molecule has 0 saturated heterocycles. The van der Waals surface area contributed by atoms with Crippen molar-refractivity contribution >= 4 is 10.0 Å². The van der Waals surface area contributed by atoms with Gasteiger partial charge in [-0.2, -0.15) is 0 Å². The molecule has 7 heteroatoms. The summed E-state index contributed by atoms with van der Waals surface area (Å²) in [6.07, 6.45) is 1.48. The fourth-order valence-corrected chi connectivity index (χ4v) is 2.61. The molecule has 0 aliphatic rings. The van der Waals surface area contributed by atoms with Crippen molar-refractivity contribution in [3.05, 3.63) is 54.8 Å². The molecule has 0 atom stereocenters. The summed E-state index contributed by atoms with van der Waals surface area (Å²) in [6, 6.07) is 12.7. The SMILES string of the molecule is NS(=O)(=O)c1ccc(-c2conc2-c2ccc(O)cc2)cc1. The second-order valence-electron chi connectivity index (χ2n) is 4.69. The Bertz CT molecular complexity index is 897. The summed E-state index contributed by atoms with van der Waals surface area (Å²) >= 11 is 0. The van der Waals surface area contributed by atoms with Crippen LogP contribution >= 0.6 is 0 Å². The van der Waals surface area contributed by atoms with Crippen LogP contribution in [0.3, 0.4) is 0 Å². The van der Waals surface area contributed by atoms with Gasteiger partial charge in [-0.3, -0.25) is 0 Å². The Morgan fingerprint density at radius 2 is 1.55 bits per heavy atom. The summed E-state index contributed by atoms with van der Waals surface area (Å²) in [6.45, 7) is 0. The molecule has 0 fully saturated rings. The normalized spacial score (nSPS) is 11.5. The van der Waals surface area contributed by atoms with Gasteiger partial charge in [-0.05, 0) is 42.0 Å². The van der Waals surface area contributed by atoms with Crippen LogP contribution in [0.4, 0.5) is 0 Å². The number of nitrogens with zero attached hydrogens (tertiary/aromatic N) is 1. The van der Waals surface area contributed by atoms with Crippen molar-refractivity contribution < 1.29 is 18.0 Å². The second kappa shape index (κ2) is 5.28. The number of nitrogens with two attached hydrogens (primary N) is 1. The first-order valence-electron chi connectivity index (χ1n) is 6.32. The summed E-state index contributed by atoms with van der Waals surface area (Å²) < 4.78 is 27.6. The highest BCUT2D eigenvalue weighted by atomic mass is 32.2. The molecule has 0 aliphatic carbocycles. The predicted octanol–water partition coefficient (Wildman–Crippen LogP) is 2.36. The van der Waals surface area contributed by atoms with E-state index in [9.17, 15) is 13.5 Å². The third kappa shape index (κ3) is 2.72. The zero-order chi connectivity index (χ0) is 15.7. The fourth-order valence-electron chi connectivity index (χ4n) is 2.09. The number of primary sulfonamides is 1. The van der Waals surface area contributed by atoms with Gasteiger partial charge in [0.1, 0.15) is 17.7 Å². The first kappa shape index (κ1) is 14.3. The molecular weight excluding hydrogens is 304 g/mol. The standard InChI is InChI=1S/C15H12N2O4S/c16-22(19,20)13-7-3-10(4-8-13)14-9-21-17-15(14)11-1-5-12(18)6-2-11/h1-9,18H,(H2,16,19,20). The minimum absolute atomic E-state index is 0.0406. The summed E-state index contributed by atoms with van der Waals surface area (Å²) in [4.78, 5) is 0.0406. The predicted molar refractivity (Wildman–Crippen MR) is 80.4 cm³/mol. The van der Waals surface area contributed by atoms with E-state index in [1.165, 1.54) is 18.4 Å². The van der Waals surface area contributed by atoms with Gasteiger partial charge in [-0.15, -0.1) is 0 Å². The van der Waals surface area contributed by atoms with Crippen molar-refractivity contribution in [3.63, 3.8) is 0 Å². The Morgan fingerprint density at radius 3 is 2.14 bits per heavy atom. The van der Waals surface area contributed by atoms with Crippen LogP contribution in [0.2, 0.25) is 0 Å². The van der Waals surface area contributed by atoms with E-state index in [1.807, 2.05) is 0 Å². The molecule has 3 N–H and O–H groups in total. The smallest absolute Gasteiger partial charge is 0.238 e. The van der Waals surface area contributed by atoms with Crippen LogP contribution in [0, 0.1) is 0 Å². The average Bonchev–Trinajstić information content (AvgIpc) is 2.97. The number of rotatable bonds is 3. The summed E-state index contributed by atoms with van der Waals surface area (Å²) in [7, 11) is -3.72. The van der Waals surface area contributed by atoms with E-state index in [1.54, 1.807) is 36.4 Å². The number of aromatic hydroxyl groups is 1. The molecule has 1 aromatic heterocycles. The Labute approximate surface area is 126 Å². The van der Waals surface area contributed by atoms with Gasteiger partial charge in [-0.1, -0.05) is 17.3 Å². The number of aromatic nitrogens is 1. The van der Waals surface area contributed by atoms with Crippen molar-refractivity contribution in [2.45, 2.75) is 4.90 Å². The minimum Gasteiger partial charge on any atom is -0.508 e. The first-order chi connectivity index (χ1) is 10.4. The second-order valence-corrected chi connectivity index (χ2v) is 6.25. The van der Waals surface area contributed by atoms with E-state index in [0.717, 1.165) is 11.1 Å². The van der Waals surface area contributed by atoms with Crippen molar-refractivity contribution in [1.29, 1.82) is 0 Å². The lowest BCUT2D eigenvalue weighted by molar-refractivity contribution is 0.422. The van der Waals surface area contributed by atoms with Crippen molar-refractivity contribution in [2.75, 3.05) is 0 Å². The maximum absolute atomic E-state index is 11.3. The van der Waals surface area contributed by atoms with Gasteiger partial charge in [0, 0.05) is 11.1 Å². The van der Waals surface area contributed by atoms with Crippen LogP contribution < -0.4 is 5.14 Å². The van der Waals surface area contributed by atoms with E-state index in [-0.39, 0.29) is 10.6 Å². The van der Waals surface area contributed by atoms with Crippen LogP contribution in [-0.4, -0.2) is 18.7 Å². The molecule has 1 heterocycles. The Kier molecular flexibility index (Phi) is 3.44. The molecule has 0 radical (unpaired) electrons. The van der Waals surface area contributed by atoms with Gasteiger partial charge in [0.25, 0.3) is 0 Å². The molecule has 0 bridgehead atoms. The van der Waals surface area contributed by atoms with Crippen LogP contribution in [0.5, 0.6) is 5.75 Å². The highest BCUT2D eigenvalue weighted by Crippen LogP contribution is 2.32. The van der Waals surface area contributed by atoms with Crippen molar-refractivity contribution in [1.82, 2.24) is 5.16 Å². The third-order valence-corrected chi connectivity index (χ3v) is 4.13. The number of phenolic OH excluding ortho intramolecular Hbond substituents is 1. The summed E-state index contributed by atoms with van der Waals surface area (Å²) in [5.74, 6) is 0.159. The van der Waals surface area contributed by atoms with Gasteiger partial charge >= 0.3 is 0 Å². The monoisotopic (exact) mass is 316 g/mol. The molecule has 0 aliphatic heterocycles. The minimum atomic E-state index is -3.72. The highest BCUT2D eigenvalue weighted by molar-refractivity contribution is 7.89. The maximum atomic E-state index is 11.3. The third-order valence-electron chi connectivity index (χ3n) is 3.20. The number of hydrogen-bond acceptors (Lipinski definition) is 5. The largest absolute Gasteiger partial charge is 0.508 e. The molecule has 0 unspecified atom stereocenters. The molecule has 112 valence electrons. The zero-order valence-electron chi connectivity index (χ0n) is 11.3. The average molecular weight is 316 g/mol. The van der Waals surface area contributed by atoms with Crippen molar-refractivity contribution in [3.8, 4) is 28.1 Å². The van der Waals surface area contributed by atoms with Crippen LogP contribution in [0.1, 0.15) is 0 Å².